The average molecular weight is 308 g/mol. The minimum Gasteiger partial charge on any atom is -0.345 e. The van der Waals surface area contributed by atoms with Crippen LogP contribution in [-0.2, 0) is 5.88 Å². The molecule has 1 heterocycles. The van der Waals surface area contributed by atoms with Crippen molar-refractivity contribution in [2.24, 2.45) is 0 Å². The number of nitrogens with zero attached hydrogens (tertiary/aromatic N) is 1. The molecule has 0 saturated heterocycles. The Morgan fingerprint density at radius 1 is 1.47 bits per heavy atom. The Hall–Kier alpha value is 0.0700. The molecule has 0 amide bonds. The standard InChI is InChI=1S/C10H12BrClN2S/c11-8-9(6-3-1-2-4-6)13-7(5-12)14-10(8)15/h6H,1-5H2,(H,13,14,15). The van der Waals surface area contributed by atoms with Crippen LogP contribution in [0.5, 0.6) is 0 Å². The van der Waals surface area contributed by atoms with Gasteiger partial charge >= 0.3 is 0 Å². The molecule has 1 aliphatic rings. The lowest BCUT2D eigenvalue weighted by Gasteiger charge is -2.12. The lowest BCUT2D eigenvalue weighted by molar-refractivity contribution is 0.682. The first kappa shape index (κ1) is 11.6. The van der Waals surface area contributed by atoms with Crippen LogP contribution >= 0.6 is 39.7 Å². The van der Waals surface area contributed by atoms with Crippen LogP contribution in [0.3, 0.4) is 0 Å². The lowest BCUT2D eigenvalue weighted by Crippen LogP contribution is -2.03. The van der Waals surface area contributed by atoms with Gasteiger partial charge in [0.1, 0.15) is 10.5 Å². The first-order valence-corrected chi connectivity index (χ1v) is 6.80. The van der Waals surface area contributed by atoms with Gasteiger partial charge in [-0.3, -0.25) is 0 Å². The van der Waals surface area contributed by atoms with Crippen LogP contribution in [0.2, 0.25) is 0 Å². The van der Waals surface area contributed by atoms with Gasteiger partial charge < -0.3 is 4.98 Å². The molecule has 5 heteroatoms. The monoisotopic (exact) mass is 306 g/mol. The number of aromatic amines is 1. The molecule has 82 valence electrons. The summed E-state index contributed by atoms with van der Waals surface area (Å²) in [5.74, 6) is 1.74. The Bertz CT molecular complexity index is 412. The van der Waals surface area contributed by atoms with Crippen molar-refractivity contribution in [2.75, 3.05) is 0 Å². The number of alkyl halides is 1. The first-order chi connectivity index (χ1) is 7.22. The Morgan fingerprint density at radius 2 is 2.13 bits per heavy atom. The molecule has 0 bridgehead atoms. The second-order valence-electron chi connectivity index (χ2n) is 3.83. The first-order valence-electron chi connectivity index (χ1n) is 5.07. The minimum absolute atomic E-state index is 0.386. The van der Waals surface area contributed by atoms with Crippen LogP contribution in [0.15, 0.2) is 4.47 Å². The van der Waals surface area contributed by atoms with Crippen molar-refractivity contribution in [3.05, 3.63) is 20.6 Å². The van der Waals surface area contributed by atoms with Crippen LogP contribution in [0.4, 0.5) is 0 Å². The lowest BCUT2D eigenvalue weighted by atomic mass is 10.0. The fraction of sp³-hybridized carbons (Fsp3) is 0.600. The molecule has 0 unspecified atom stereocenters. The van der Waals surface area contributed by atoms with Gasteiger partial charge in [-0.25, -0.2) is 4.98 Å². The van der Waals surface area contributed by atoms with Crippen LogP contribution in [0.1, 0.15) is 43.1 Å². The molecule has 1 aromatic heterocycles. The molecule has 0 aliphatic heterocycles. The molecular weight excluding hydrogens is 296 g/mol. The highest BCUT2D eigenvalue weighted by atomic mass is 79.9. The van der Waals surface area contributed by atoms with Gasteiger partial charge in [-0.15, -0.1) is 11.6 Å². The van der Waals surface area contributed by atoms with Gasteiger partial charge in [-0.05, 0) is 28.8 Å². The normalized spacial score (nSPS) is 17.2. The summed E-state index contributed by atoms with van der Waals surface area (Å²) in [5.41, 5.74) is 1.18. The van der Waals surface area contributed by atoms with E-state index in [2.05, 4.69) is 25.9 Å². The predicted octanol–water partition coefficient (Wildman–Crippen LogP) is 4.30. The van der Waals surface area contributed by atoms with Gasteiger partial charge in [-0.1, -0.05) is 25.1 Å². The Morgan fingerprint density at radius 3 is 2.73 bits per heavy atom. The summed E-state index contributed by atoms with van der Waals surface area (Å²) in [4.78, 5) is 7.49. The molecule has 0 aromatic carbocycles. The summed E-state index contributed by atoms with van der Waals surface area (Å²) in [5, 5.41) is 0. The van der Waals surface area contributed by atoms with Crippen molar-refractivity contribution in [3.8, 4) is 0 Å². The third-order valence-corrected chi connectivity index (χ3v) is 4.44. The van der Waals surface area contributed by atoms with E-state index in [1.54, 1.807) is 0 Å². The van der Waals surface area contributed by atoms with Crippen molar-refractivity contribution in [3.63, 3.8) is 0 Å². The third kappa shape index (κ3) is 2.43. The van der Waals surface area contributed by atoms with Crippen LogP contribution in [0.25, 0.3) is 0 Å². The zero-order valence-corrected chi connectivity index (χ0v) is 11.4. The molecule has 0 atom stereocenters. The number of halogens is 2. The Kier molecular flexibility index (Phi) is 3.80. The van der Waals surface area contributed by atoms with E-state index in [4.69, 9.17) is 23.8 Å². The van der Waals surface area contributed by atoms with Crippen molar-refractivity contribution < 1.29 is 0 Å². The van der Waals surface area contributed by atoms with Gasteiger partial charge in [0.2, 0.25) is 0 Å². The van der Waals surface area contributed by atoms with Crippen LogP contribution < -0.4 is 0 Å². The number of hydrogen-bond acceptors (Lipinski definition) is 2. The van der Waals surface area contributed by atoms with E-state index in [1.807, 2.05) is 0 Å². The SMILES string of the molecule is S=c1nc(CCl)[nH]c(C2CCCC2)c1Br. The summed E-state index contributed by atoms with van der Waals surface area (Å²) in [6.45, 7) is 0. The maximum Gasteiger partial charge on any atom is 0.144 e. The molecule has 1 aromatic rings. The number of aromatic nitrogens is 2. The molecule has 2 nitrogen and oxygen atoms in total. The van der Waals surface area contributed by atoms with Crippen molar-refractivity contribution in [1.29, 1.82) is 0 Å². The van der Waals surface area contributed by atoms with Crippen LogP contribution in [0, 0.1) is 4.64 Å². The third-order valence-electron chi connectivity index (χ3n) is 2.83. The summed E-state index contributed by atoms with van der Waals surface area (Å²) < 4.78 is 1.56. The largest absolute Gasteiger partial charge is 0.345 e. The van der Waals surface area contributed by atoms with Crippen molar-refractivity contribution >= 4 is 39.7 Å². The van der Waals surface area contributed by atoms with Gasteiger partial charge in [0.05, 0.1) is 10.4 Å². The molecule has 2 rings (SSSR count). The second-order valence-corrected chi connectivity index (χ2v) is 5.28. The number of H-pyrrole nitrogens is 1. The summed E-state index contributed by atoms with van der Waals surface area (Å²) in [6.07, 6.45) is 5.07. The predicted molar refractivity (Wildman–Crippen MR) is 67.9 cm³/mol. The zero-order valence-electron chi connectivity index (χ0n) is 8.22. The van der Waals surface area contributed by atoms with Gasteiger partial charge in [0.25, 0.3) is 0 Å². The minimum atomic E-state index is 0.386. The van der Waals surface area contributed by atoms with E-state index < -0.39 is 0 Å². The molecule has 1 saturated carbocycles. The fourth-order valence-electron chi connectivity index (χ4n) is 2.08. The second kappa shape index (κ2) is 4.93. The quantitative estimate of drug-likeness (QED) is 0.652. The van der Waals surface area contributed by atoms with Crippen LogP contribution in [-0.4, -0.2) is 9.97 Å². The summed E-state index contributed by atoms with van der Waals surface area (Å²) >= 11 is 14.5. The molecule has 1 N–H and O–H groups in total. The van der Waals surface area contributed by atoms with Gasteiger partial charge in [0, 0.05) is 11.6 Å². The van der Waals surface area contributed by atoms with E-state index in [9.17, 15) is 0 Å². The number of nitrogens with one attached hydrogen (secondary N) is 1. The van der Waals surface area contributed by atoms with Gasteiger partial charge in [0.15, 0.2) is 0 Å². The number of hydrogen-bond donors (Lipinski definition) is 1. The van der Waals surface area contributed by atoms with Crippen molar-refractivity contribution in [1.82, 2.24) is 9.97 Å². The highest BCUT2D eigenvalue weighted by molar-refractivity contribution is 9.10. The number of rotatable bonds is 2. The van der Waals surface area contributed by atoms with E-state index in [-0.39, 0.29) is 0 Å². The van der Waals surface area contributed by atoms with E-state index in [1.165, 1.54) is 31.4 Å². The smallest absolute Gasteiger partial charge is 0.144 e. The maximum atomic E-state index is 5.77. The van der Waals surface area contributed by atoms with Crippen molar-refractivity contribution in [2.45, 2.75) is 37.5 Å². The zero-order chi connectivity index (χ0) is 10.8. The molecule has 1 aliphatic carbocycles. The Balaban J connectivity index is 2.44. The Labute approximate surface area is 108 Å². The van der Waals surface area contributed by atoms with Gasteiger partial charge in [-0.2, -0.15) is 0 Å². The average Bonchev–Trinajstić information content (AvgIpc) is 2.75. The van der Waals surface area contributed by atoms with E-state index in [0.29, 0.717) is 16.4 Å². The maximum absolute atomic E-state index is 5.77. The van der Waals surface area contributed by atoms with E-state index >= 15 is 0 Å². The summed E-state index contributed by atoms with van der Waals surface area (Å²) in [7, 11) is 0. The fourth-order valence-corrected chi connectivity index (χ4v) is 2.94. The highest BCUT2D eigenvalue weighted by Crippen LogP contribution is 2.36. The highest BCUT2D eigenvalue weighted by Gasteiger charge is 2.21. The molecular formula is C10H12BrClN2S. The molecule has 1 fully saturated rings. The molecule has 15 heavy (non-hydrogen) atoms. The molecule has 0 radical (unpaired) electrons. The molecule has 0 spiro atoms. The topological polar surface area (TPSA) is 28.7 Å². The summed E-state index contributed by atoms with van der Waals surface area (Å²) in [6, 6.07) is 0. The van der Waals surface area contributed by atoms with E-state index in [0.717, 1.165) is 10.3 Å².